The molecule has 1 radical (unpaired) electrons. The Morgan fingerprint density at radius 2 is 1.50 bits per heavy atom. The molecular weight excluding hydrogens is 171 g/mol. The molecule has 0 nitrogen and oxygen atoms in total. The summed E-state index contributed by atoms with van der Waals surface area (Å²) in [6, 6.07) is 3.82. The second-order valence-corrected chi connectivity index (χ2v) is 2.23. The average Bonchev–Trinajstić information content (AvgIpc) is 2.03. The first kappa shape index (κ1) is 9.10. The van der Waals surface area contributed by atoms with Crippen LogP contribution >= 0.6 is 0 Å². The third kappa shape index (κ3) is 2.00. The van der Waals surface area contributed by atoms with E-state index in [9.17, 15) is 17.5 Å². The Morgan fingerprint density at radius 1 is 1.00 bits per heavy atom. The zero-order valence-corrected chi connectivity index (χ0v) is 5.90. The van der Waals surface area contributed by atoms with Gasteiger partial charge in [-0.3, -0.25) is 0 Å². The fourth-order valence-corrected chi connectivity index (χ4v) is 0.745. The minimum Gasteiger partial charge on any atom is -0.335 e. The molecule has 63 valence electrons. The second kappa shape index (κ2) is 3.17. The minimum absolute atomic E-state index is 0.128. The van der Waals surface area contributed by atoms with Gasteiger partial charge in [-0.05, 0) is 5.46 Å². The maximum atomic E-state index is 11.9. The van der Waals surface area contributed by atoms with Crippen molar-refractivity contribution in [1.82, 2.24) is 0 Å². The first-order chi connectivity index (χ1) is 5.54. The Kier molecular flexibility index (Phi) is 2.40. The van der Waals surface area contributed by atoms with Crippen LogP contribution in [0.3, 0.4) is 0 Å². The van der Waals surface area contributed by atoms with Crippen LogP contribution in [0.4, 0.5) is 17.5 Å². The Labute approximate surface area is 67.5 Å². The van der Waals surface area contributed by atoms with E-state index in [4.69, 9.17) is 0 Å². The van der Waals surface area contributed by atoms with Gasteiger partial charge in [-0.1, -0.05) is 24.3 Å². The highest BCUT2D eigenvalue weighted by atomic mass is 19.4. The van der Waals surface area contributed by atoms with Gasteiger partial charge < -0.3 is 4.32 Å². The SMILES string of the molecule is F[B]c1ccc(C(F)(F)F)cc1. The maximum Gasteiger partial charge on any atom is 0.416 e. The van der Waals surface area contributed by atoms with Crippen LogP contribution in [0.15, 0.2) is 24.3 Å². The monoisotopic (exact) mass is 175 g/mol. The number of rotatable bonds is 1. The van der Waals surface area contributed by atoms with Gasteiger partial charge in [-0.15, -0.1) is 0 Å². The summed E-state index contributed by atoms with van der Waals surface area (Å²) in [7, 11) is 0.250. The third-order valence-electron chi connectivity index (χ3n) is 1.36. The lowest BCUT2D eigenvalue weighted by Gasteiger charge is -2.05. The summed E-state index contributed by atoms with van der Waals surface area (Å²) in [5, 5.41) is 0. The van der Waals surface area contributed by atoms with E-state index in [2.05, 4.69) is 0 Å². The van der Waals surface area contributed by atoms with E-state index in [-0.39, 0.29) is 13.0 Å². The molecule has 0 unspecified atom stereocenters. The fraction of sp³-hybridized carbons (Fsp3) is 0.143. The molecule has 12 heavy (non-hydrogen) atoms. The molecule has 0 N–H and O–H groups in total. The molecule has 0 atom stereocenters. The number of hydrogen-bond donors (Lipinski definition) is 0. The number of alkyl halides is 3. The van der Waals surface area contributed by atoms with Crippen LogP contribution in [-0.2, 0) is 6.18 Å². The standard InChI is InChI=1S/C7H4BF4/c9-7(10,11)5-1-3-6(8-12)4-2-5/h1-4H. The van der Waals surface area contributed by atoms with E-state index < -0.39 is 11.7 Å². The Morgan fingerprint density at radius 3 is 1.83 bits per heavy atom. The molecule has 0 amide bonds. The van der Waals surface area contributed by atoms with Crippen molar-refractivity contribution in [2.45, 2.75) is 6.18 Å². The van der Waals surface area contributed by atoms with Crippen molar-refractivity contribution in [3.63, 3.8) is 0 Å². The molecule has 0 aliphatic rings. The highest BCUT2D eigenvalue weighted by molar-refractivity contribution is 6.46. The maximum absolute atomic E-state index is 11.9. The van der Waals surface area contributed by atoms with E-state index in [0.29, 0.717) is 0 Å². The predicted molar refractivity (Wildman–Crippen MR) is 37.9 cm³/mol. The van der Waals surface area contributed by atoms with Crippen molar-refractivity contribution >= 4 is 13.0 Å². The lowest BCUT2D eigenvalue weighted by atomic mass is 9.91. The van der Waals surface area contributed by atoms with Gasteiger partial charge in [0.15, 0.2) is 0 Å². The normalized spacial score (nSPS) is 11.3. The third-order valence-corrected chi connectivity index (χ3v) is 1.36. The molecule has 0 aliphatic carbocycles. The average molecular weight is 175 g/mol. The van der Waals surface area contributed by atoms with E-state index in [1.165, 1.54) is 0 Å². The van der Waals surface area contributed by atoms with E-state index >= 15 is 0 Å². The molecule has 1 rings (SSSR count). The summed E-state index contributed by atoms with van der Waals surface area (Å²) in [5.74, 6) is 0. The number of benzene rings is 1. The second-order valence-electron chi connectivity index (χ2n) is 2.23. The lowest BCUT2D eigenvalue weighted by Crippen LogP contribution is -2.11. The lowest BCUT2D eigenvalue weighted by molar-refractivity contribution is -0.137. The van der Waals surface area contributed by atoms with Gasteiger partial charge in [0.05, 0.1) is 5.56 Å². The highest BCUT2D eigenvalue weighted by Crippen LogP contribution is 2.28. The van der Waals surface area contributed by atoms with E-state index in [0.717, 1.165) is 24.3 Å². The molecule has 0 aromatic heterocycles. The largest absolute Gasteiger partial charge is 0.416 e. The Hall–Kier alpha value is -0.995. The van der Waals surface area contributed by atoms with Crippen molar-refractivity contribution in [1.29, 1.82) is 0 Å². The quantitative estimate of drug-likeness (QED) is 0.451. The minimum atomic E-state index is -4.35. The van der Waals surface area contributed by atoms with E-state index in [1.807, 2.05) is 0 Å². The summed E-state index contributed by atoms with van der Waals surface area (Å²) < 4.78 is 47.5. The van der Waals surface area contributed by atoms with Gasteiger partial charge in [-0.25, -0.2) is 0 Å². The number of hydrogen-bond acceptors (Lipinski definition) is 0. The van der Waals surface area contributed by atoms with Crippen LogP contribution in [0.5, 0.6) is 0 Å². The Balaban J connectivity index is 2.93. The molecule has 0 fully saturated rings. The van der Waals surface area contributed by atoms with Crippen LogP contribution in [0, 0.1) is 0 Å². The Bertz CT molecular complexity index is 251. The molecule has 1 aromatic carbocycles. The zero-order valence-electron chi connectivity index (χ0n) is 5.90. The fourth-order valence-electron chi connectivity index (χ4n) is 0.745. The smallest absolute Gasteiger partial charge is 0.335 e. The summed E-state index contributed by atoms with van der Waals surface area (Å²) in [5.41, 5.74) is -0.643. The molecule has 1 aromatic rings. The highest BCUT2D eigenvalue weighted by Gasteiger charge is 2.29. The molecule has 0 bridgehead atoms. The van der Waals surface area contributed by atoms with E-state index in [1.54, 1.807) is 0 Å². The van der Waals surface area contributed by atoms with Crippen LogP contribution in [0.25, 0.3) is 0 Å². The first-order valence-corrected chi connectivity index (χ1v) is 3.15. The molecule has 5 heteroatoms. The van der Waals surface area contributed by atoms with Gasteiger partial charge in [0, 0.05) is 0 Å². The molecule has 0 heterocycles. The van der Waals surface area contributed by atoms with Crippen LogP contribution in [0.1, 0.15) is 5.56 Å². The topological polar surface area (TPSA) is 0 Å². The van der Waals surface area contributed by atoms with Gasteiger partial charge in [0.1, 0.15) is 0 Å². The first-order valence-electron chi connectivity index (χ1n) is 3.15. The van der Waals surface area contributed by atoms with Crippen LogP contribution < -0.4 is 5.46 Å². The molecule has 0 saturated heterocycles. The van der Waals surface area contributed by atoms with Gasteiger partial charge in [0.25, 0.3) is 0 Å². The molecular formula is C7H4BF4. The summed E-state index contributed by atoms with van der Waals surface area (Å²) in [4.78, 5) is 0. The van der Waals surface area contributed by atoms with Crippen molar-refractivity contribution < 1.29 is 17.5 Å². The number of halogens is 4. The molecule has 0 aliphatic heterocycles. The van der Waals surface area contributed by atoms with Crippen LogP contribution in [0.2, 0.25) is 0 Å². The van der Waals surface area contributed by atoms with Crippen molar-refractivity contribution in [3.8, 4) is 0 Å². The zero-order chi connectivity index (χ0) is 9.19. The van der Waals surface area contributed by atoms with Gasteiger partial charge in [0.2, 0.25) is 0 Å². The predicted octanol–water partition coefficient (Wildman–Crippen LogP) is 1.92. The molecule has 0 spiro atoms. The van der Waals surface area contributed by atoms with Crippen molar-refractivity contribution in [2.75, 3.05) is 0 Å². The van der Waals surface area contributed by atoms with Crippen molar-refractivity contribution in [2.24, 2.45) is 0 Å². The summed E-state index contributed by atoms with van der Waals surface area (Å²) in [6.07, 6.45) is -4.35. The van der Waals surface area contributed by atoms with Gasteiger partial charge in [-0.2, -0.15) is 13.2 Å². The van der Waals surface area contributed by atoms with Crippen LogP contribution in [-0.4, -0.2) is 7.56 Å². The molecule has 0 saturated carbocycles. The summed E-state index contributed by atoms with van der Waals surface area (Å²) in [6.45, 7) is 0. The van der Waals surface area contributed by atoms with Gasteiger partial charge >= 0.3 is 13.7 Å². The van der Waals surface area contributed by atoms with Crippen molar-refractivity contribution in [3.05, 3.63) is 29.8 Å². The summed E-state index contributed by atoms with van der Waals surface area (Å²) >= 11 is 0.